The zero-order valence-corrected chi connectivity index (χ0v) is 10.5. The van der Waals surface area contributed by atoms with Gasteiger partial charge in [0.25, 0.3) is 0 Å². The molecule has 0 atom stereocenters. The van der Waals surface area contributed by atoms with Crippen molar-refractivity contribution >= 4 is 18.0 Å². The van der Waals surface area contributed by atoms with Crippen molar-refractivity contribution in [2.24, 2.45) is 0 Å². The molecular weight excluding hydrogens is 218 g/mol. The van der Waals surface area contributed by atoms with E-state index in [1.54, 1.807) is 16.7 Å². The molecule has 16 heavy (non-hydrogen) atoms. The Morgan fingerprint density at radius 1 is 1.06 bits per heavy atom. The molecule has 0 radical (unpaired) electrons. The van der Waals surface area contributed by atoms with Gasteiger partial charge in [0.15, 0.2) is 0 Å². The van der Waals surface area contributed by atoms with E-state index in [9.17, 15) is 0 Å². The van der Waals surface area contributed by atoms with E-state index in [1.165, 1.54) is 37.9 Å². The molecule has 1 nitrogen and oxygen atoms in total. The van der Waals surface area contributed by atoms with Crippen LogP contribution in [0.25, 0.3) is 5.57 Å². The second-order valence-electron chi connectivity index (χ2n) is 4.73. The number of likely N-dealkylation sites (N-methyl/N-ethyl adjacent to an activating group) is 1. The molecule has 0 saturated heterocycles. The van der Waals surface area contributed by atoms with Gasteiger partial charge < -0.3 is 4.90 Å². The van der Waals surface area contributed by atoms with E-state index in [4.69, 9.17) is 0 Å². The largest absolute Gasteiger partial charge is 0.302 e. The van der Waals surface area contributed by atoms with Crippen LogP contribution in [0.1, 0.15) is 24.0 Å². The Kier molecular flexibility index (Phi) is 3.36. The van der Waals surface area contributed by atoms with E-state index in [1.807, 2.05) is 0 Å². The molecule has 1 aromatic rings. The summed E-state index contributed by atoms with van der Waals surface area (Å²) in [7, 11) is 2.23. The first-order chi connectivity index (χ1) is 7.34. The van der Waals surface area contributed by atoms with Gasteiger partial charge in [-0.15, -0.1) is 12.4 Å². The molecule has 0 N–H and O–H groups in total. The maximum atomic E-state index is 2.44. The Balaban J connectivity index is 0.000000963. The molecule has 0 unspecified atom stereocenters. The Labute approximate surface area is 104 Å². The SMILES string of the molecule is CN1CCC2=C(CCc3ccccc32)C1.Cl. The maximum Gasteiger partial charge on any atom is 0.0196 e. The highest BCUT2D eigenvalue weighted by Crippen LogP contribution is 2.35. The molecule has 3 rings (SSSR count). The van der Waals surface area contributed by atoms with Crippen molar-refractivity contribution in [3.63, 3.8) is 0 Å². The second kappa shape index (κ2) is 4.60. The third kappa shape index (κ3) is 1.90. The van der Waals surface area contributed by atoms with Gasteiger partial charge in [0.05, 0.1) is 0 Å². The minimum Gasteiger partial charge on any atom is -0.302 e. The van der Waals surface area contributed by atoms with Crippen molar-refractivity contribution in [3.05, 3.63) is 41.0 Å². The van der Waals surface area contributed by atoms with Crippen LogP contribution < -0.4 is 0 Å². The zero-order valence-electron chi connectivity index (χ0n) is 9.70. The highest BCUT2D eigenvalue weighted by molar-refractivity contribution is 5.85. The fraction of sp³-hybridized carbons (Fsp3) is 0.429. The van der Waals surface area contributed by atoms with Crippen molar-refractivity contribution < 1.29 is 0 Å². The first kappa shape index (κ1) is 11.7. The summed E-state index contributed by atoms with van der Waals surface area (Å²) in [5.74, 6) is 0. The summed E-state index contributed by atoms with van der Waals surface area (Å²) in [6, 6.07) is 8.93. The van der Waals surface area contributed by atoms with E-state index in [2.05, 4.69) is 36.2 Å². The molecule has 1 aliphatic heterocycles. The first-order valence-corrected chi connectivity index (χ1v) is 5.82. The number of fused-ring (bicyclic) bond motifs is 2. The predicted molar refractivity (Wildman–Crippen MR) is 71.0 cm³/mol. The lowest BCUT2D eigenvalue weighted by Crippen LogP contribution is -2.29. The van der Waals surface area contributed by atoms with Crippen molar-refractivity contribution in [3.8, 4) is 0 Å². The van der Waals surface area contributed by atoms with Crippen molar-refractivity contribution in [1.82, 2.24) is 4.90 Å². The van der Waals surface area contributed by atoms with Crippen LogP contribution in [0.2, 0.25) is 0 Å². The molecule has 2 heteroatoms. The normalized spacial score (nSPS) is 19.8. The lowest BCUT2D eigenvalue weighted by molar-refractivity contribution is 0.353. The number of hydrogen-bond donors (Lipinski definition) is 0. The molecule has 0 spiro atoms. The van der Waals surface area contributed by atoms with Crippen LogP contribution in [0.4, 0.5) is 0 Å². The topological polar surface area (TPSA) is 3.24 Å². The van der Waals surface area contributed by atoms with Crippen molar-refractivity contribution in [2.75, 3.05) is 20.1 Å². The molecule has 0 saturated carbocycles. The van der Waals surface area contributed by atoms with Crippen molar-refractivity contribution in [1.29, 1.82) is 0 Å². The Bertz CT molecular complexity index is 422. The lowest BCUT2D eigenvalue weighted by atomic mass is 9.82. The van der Waals surface area contributed by atoms with Gasteiger partial charge in [-0.05, 0) is 43.0 Å². The molecule has 0 aromatic heterocycles. The van der Waals surface area contributed by atoms with E-state index in [0.29, 0.717) is 0 Å². The monoisotopic (exact) mass is 235 g/mol. The molecule has 0 fully saturated rings. The predicted octanol–water partition coefficient (Wildman–Crippen LogP) is 3.14. The average Bonchev–Trinajstić information content (AvgIpc) is 2.28. The molecule has 2 aliphatic rings. The van der Waals surface area contributed by atoms with E-state index in [-0.39, 0.29) is 12.4 Å². The quantitative estimate of drug-likeness (QED) is 0.668. The highest BCUT2D eigenvalue weighted by Gasteiger charge is 2.22. The molecule has 86 valence electrons. The summed E-state index contributed by atoms with van der Waals surface area (Å²) in [6.45, 7) is 2.40. The Morgan fingerprint density at radius 3 is 2.75 bits per heavy atom. The van der Waals surface area contributed by atoms with Crippen LogP contribution in [0, 0.1) is 0 Å². The van der Waals surface area contributed by atoms with Gasteiger partial charge in [-0.2, -0.15) is 0 Å². The molecule has 0 amide bonds. The number of hydrogen-bond acceptors (Lipinski definition) is 1. The summed E-state index contributed by atoms with van der Waals surface area (Å²) in [5.41, 5.74) is 6.42. The highest BCUT2D eigenvalue weighted by atomic mass is 35.5. The minimum atomic E-state index is 0. The van der Waals surface area contributed by atoms with Crippen LogP contribution in [0.3, 0.4) is 0 Å². The van der Waals surface area contributed by atoms with Gasteiger partial charge in [-0.25, -0.2) is 0 Å². The standard InChI is InChI=1S/C14H17N.ClH/c1-15-9-8-14-12(10-15)7-6-11-4-2-3-5-13(11)14;/h2-5H,6-10H2,1H3;1H. The van der Waals surface area contributed by atoms with Gasteiger partial charge in [0.1, 0.15) is 0 Å². The molecule has 1 heterocycles. The van der Waals surface area contributed by atoms with E-state index in [0.717, 1.165) is 0 Å². The Morgan fingerprint density at radius 2 is 1.88 bits per heavy atom. The summed E-state index contributed by atoms with van der Waals surface area (Å²) in [4.78, 5) is 2.44. The molecule has 1 aliphatic carbocycles. The van der Waals surface area contributed by atoms with Crippen LogP contribution in [0.15, 0.2) is 29.8 Å². The first-order valence-electron chi connectivity index (χ1n) is 5.82. The smallest absolute Gasteiger partial charge is 0.0196 e. The number of benzene rings is 1. The summed E-state index contributed by atoms with van der Waals surface area (Å²) in [5, 5.41) is 0. The van der Waals surface area contributed by atoms with Gasteiger partial charge >= 0.3 is 0 Å². The zero-order chi connectivity index (χ0) is 10.3. The van der Waals surface area contributed by atoms with Crippen LogP contribution in [-0.2, 0) is 6.42 Å². The number of halogens is 1. The summed E-state index contributed by atoms with van der Waals surface area (Å²) >= 11 is 0. The average molecular weight is 236 g/mol. The third-order valence-corrected chi connectivity index (χ3v) is 3.67. The van der Waals surface area contributed by atoms with Gasteiger partial charge in [-0.3, -0.25) is 0 Å². The van der Waals surface area contributed by atoms with Crippen LogP contribution >= 0.6 is 12.4 Å². The van der Waals surface area contributed by atoms with Crippen LogP contribution in [-0.4, -0.2) is 25.0 Å². The molecule has 1 aromatic carbocycles. The summed E-state index contributed by atoms with van der Waals surface area (Å²) in [6.07, 6.45) is 3.75. The van der Waals surface area contributed by atoms with Gasteiger partial charge in [-0.1, -0.05) is 29.8 Å². The van der Waals surface area contributed by atoms with Gasteiger partial charge in [0.2, 0.25) is 0 Å². The molecular formula is C14H18ClN. The third-order valence-electron chi connectivity index (χ3n) is 3.67. The number of nitrogens with zero attached hydrogens (tertiary/aromatic N) is 1. The van der Waals surface area contributed by atoms with Crippen LogP contribution in [0.5, 0.6) is 0 Å². The Hall–Kier alpha value is -0.790. The van der Waals surface area contributed by atoms with E-state index < -0.39 is 0 Å². The number of aryl methyl sites for hydroxylation is 1. The maximum absolute atomic E-state index is 2.44. The lowest BCUT2D eigenvalue weighted by Gasteiger charge is -2.32. The van der Waals surface area contributed by atoms with Gasteiger partial charge in [0, 0.05) is 13.1 Å². The minimum absolute atomic E-state index is 0. The number of rotatable bonds is 0. The fourth-order valence-corrected chi connectivity index (χ4v) is 2.85. The van der Waals surface area contributed by atoms with E-state index >= 15 is 0 Å². The van der Waals surface area contributed by atoms with Crippen molar-refractivity contribution in [2.45, 2.75) is 19.3 Å². The summed E-state index contributed by atoms with van der Waals surface area (Å²) < 4.78 is 0. The second-order valence-corrected chi connectivity index (χ2v) is 4.73. The molecule has 0 bridgehead atoms. The fourth-order valence-electron chi connectivity index (χ4n) is 2.85.